The van der Waals surface area contributed by atoms with E-state index in [1.165, 1.54) is 0 Å². The second kappa shape index (κ2) is 4.43. The predicted molar refractivity (Wildman–Crippen MR) is 60.1 cm³/mol. The Labute approximate surface area is 94.8 Å². The van der Waals surface area contributed by atoms with Crippen LogP contribution in [0.25, 0.3) is 0 Å². The Hall–Kier alpha value is -1.07. The summed E-state index contributed by atoms with van der Waals surface area (Å²) >= 11 is 0. The van der Waals surface area contributed by atoms with Gasteiger partial charge in [0.05, 0.1) is 18.1 Å². The molecule has 1 aliphatic heterocycles. The van der Waals surface area contributed by atoms with E-state index in [4.69, 9.17) is 9.84 Å². The maximum Gasteiger partial charge on any atom is 0.154 e. The van der Waals surface area contributed by atoms with Crippen molar-refractivity contribution in [3.63, 3.8) is 0 Å². The molecule has 0 aromatic heterocycles. The van der Waals surface area contributed by atoms with Crippen LogP contribution in [0.3, 0.4) is 0 Å². The van der Waals surface area contributed by atoms with Crippen LogP contribution in [-0.2, 0) is 16.4 Å². The van der Waals surface area contributed by atoms with Gasteiger partial charge in [0.2, 0.25) is 0 Å². The van der Waals surface area contributed by atoms with Crippen molar-refractivity contribution >= 4 is 9.84 Å². The Kier molecular flexibility index (Phi) is 3.16. The normalized spacial score (nSPS) is 23.2. The summed E-state index contributed by atoms with van der Waals surface area (Å²) in [6, 6.07) is 7.12. The summed E-state index contributed by atoms with van der Waals surface area (Å²) in [5, 5.41) is 9.10. The van der Waals surface area contributed by atoms with Crippen molar-refractivity contribution in [2.45, 2.75) is 19.1 Å². The van der Waals surface area contributed by atoms with Gasteiger partial charge in [0, 0.05) is 5.56 Å². The molecule has 1 aromatic rings. The first-order valence-corrected chi connectivity index (χ1v) is 6.99. The van der Waals surface area contributed by atoms with E-state index in [1.807, 2.05) is 6.07 Å². The van der Waals surface area contributed by atoms with Crippen LogP contribution < -0.4 is 4.74 Å². The number of hydrogen-bond donors (Lipinski definition) is 1. The summed E-state index contributed by atoms with van der Waals surface area (Å²) in [5.41, 5.74) is 0.687. The van der Waals surface area contributed by atoms with Crippen molar-refractivity contribution in [3.05, 3.63) is 29.8 Å². The monoisotopic (exact) mass is 242 g/mol. The largest absolute Gasteiger partial charge is 0.489 e. The zero-order chi connectivity index (χ0) is 11.6. The third-order valence-corrected chi connectivity index (χ3v) is 4.36. The Morgan fingerprint density at radius 3 is 2.75 bits per heavy atom. The zero-order valence-corrected chi connectivity index (χ0v) is 9.61. The number of benzene rings is 1. The molecule has 0 saturated carbocycles. The van der Waals surface area contributed by atoms with Crippen molar-refractivity contribution in [2.24, 2.45) is 0 Å². The van der Waals surface area contributed by atoms with E-state index >= 15 is 0 Å². The first-order valence-electron chi connectivity index (χ1n) is 5.16. The molecule has 1 fully saturated rings. The highest BCUT2D eigenvalue weighted by Gasteiger charge is 2.29. The van der Waals surface area contributed by atoms with Crippen molar-refractivity contribution in [1.29, 1.82) is 0 Å². The third-order valence-electron chi connectivity index (χ3n) is 2.63. The molecule has 16 heavy (non-hydrogen) atoms. The molecule has 5 heteroatoms. The molecule has 2 rings (SSSR count). The van der Waals surface area contributed by atoms with Gasteiger partial charge in [-0.25, -0.2) is 8.42 Å². The van der Waals surface area contributed by atoms with E-state index in [0.29, 0.717) is 17.7 Å². The minimum atomic E-state index is -2.92. The summed E-state index contributed by atoms with van der Waals surface area (Å²) in [5.74, 6) is 0.846. The Morgan fingerprint density at radius 2 is 2.12 bits per heavy atom. The minimum Gasteiger partial charge on any atom is -0.489 e. The van der Waals surface area contributed by atoms with Crippen molar-refractivity contribution in [1.82, 2.24) is 0 Å². The van der Waals surface area contributed by atoms with Gasteiger partial charge in [-0.05, 0) is 12.5 Å². The number of ether oxygens (including phenoxy) is 1. The molecule has 0 aliphatic carbocycles. The summed E-state index contributed by atoms with van der Waals surface area (Å²) in [7, 11) is -2.92. The van der Waals surface area contributed by atoms with Gasteiger partial charge in [-0.3, -0.25) is 0 Å². The fourth-order valence-electron chi connectivity index (χ4n) is 1.78. The molecular weight excluding hydrogens is 228 g/mol. The molecule has 1 saturated heterocycles. The second-order valence-electron chi connectivity index (χ2n) is 3.91. The maximum atomic E-state index is 11.3. The fraction of sp³-hybridized carbons (Fsp3) is 0.455. The lowest BCUT2D eigenvalue weighted by Crippen LogP contribution is -2.18. The van der Waals surface area contributed by atoms with Crippen LogP contribution >= 0.6 is 0 Å². The first kappa shape index (κ1) is 11.4. The average Bonchev–Trinajstić information content (AvgIpc) is 2.59. The predicted octanol–water partition coefficient (Wildman–Crippen LogP) is 0.745. The molecule has 1 aromatic carbocycles. The van der Waals surface area contributed by atoms with Crippen LogP contribution in [0.15, 0.2) is 24.3 Å². The van der Waals surface area contributed by atoms with E-state index in [9.17, 15) is 8.42 Å². The lowest BCUT2D eigenvalue weighted by atomic mass is 10.2. The van der Waals surface area contributed by atoms with Crippen molar-refractivity contribution in [3.8, 4) is 5.75 Å². The first-order chi connectivity index (χ1) is 7.61. The SMILES string of the molecule is O=S1(=O)CCC(Oc2ccccc2CO)C1. The number of aliphatic hydroxyl groups excluding tert-OH is 1. The van der Waals surface area contributed by atoms with Crippen LogP contribution in [0.2, 0.25) is 0 Å². The van der Waals surface area contributed by atoms with Crippen LogP contribution in [0.5, 0.6) is 5.75 Å². The fourth-order valence-corrected chi connectivity index (χ4v) is 3.37. The second-order valence-corrected chi connectivity index (χ2v) is 6.14. The molecule has 0 radical (unpaired) electrons. The standard InChI is InChI=1S/C11H14O4S/c12-7-9-3-1-2-4-11(9)15-10-5-6-16(13,14)8-10/h1-4,10,12H,5-8H2. The molecule has 1 aliphatic rings. The minimum absolute atomic E-state index is 0.0762. The molecule has 1 N–H and O–H groups in total. The van der Waals surface area contributed by atoms with Crippen LogP contribution in [-0.4, -0.2) is 31.1 Å². The van der Waals surface area contributed by atoms with Crippen molar-refractivity contribution < 1.29 is 18.3 Å². The van der Waals surface area contributed by atoms with Gasteiger partial charge in [0.15, 0.2) is 9.84 Å². The van der Waals surface area contributed by atoms with E-state index in [-0.39, 0.29) is 24.2 Å². The number of rotatable bonds is 3. The van der Waals surface area contributed by atoms with Gasteiger partial charge in [-0.2, -0.15) is 0 Å². The highest BCUT2D eigenvalue weighted by Crippen LogP contribution is 2.23. The number of para-hydroxylation sites is 1. The lowest BCUT2D eigenvalue weighted by Gasteiger charge is -2.14. The highest BCUT2D eigenvalue weighted by molar-refractivity contribution is 7.91. The summed E-state index contributed by atoms with van der Waals surface area (Å²) < 4.78 is 28.1. The van der Waals surface area contributed by atoms with E-state index in [0.717, 1.165) is 0 Å². The van der Waals surface area contributed by atoms with Gasteiger partial charge in [-0.1, -0.05) is 18.2 Å². The van der Waals surface area contributed by atoms with Crippen LogP contribution in [0.1, 0.15) is 12.0 Å². The Bertz CT molecular complexity index is 467. The number of hydrogen-bond acceptors (Lipinski definition) is 4. The smallest absolute Gasteiger partial charge is 0.154 e. The lowest BCUT2D eigenvalue weighted by molar-refractivity contribution is 0.215. The van der Waals surface area contributed by atoms with Crippen LogP contribution in [0, 0.1) is 0 Å². The van der Waals surface area contributed by atoms with E-state index in [2.05, 4.69) is 0 Å². The molecule has 1 unspecified atom stereocenters. The Morgan fingerprint density at radius 1 is 1.38 bits per heavy atom. The summed E-state index contributed by atoms with van der Waals surface area (Å²) in [6.45, 7) is -0.102. The molecule has 1 atom stereocenters. The highest BCUT2D eigenvalue weighted by atomic mass is 32.2. The Balaban J connectivity index is 2.10. The zero-order valence-electron chi connectivity index (χ0n) is 8.80. The van der Waals surface area contributed by atoms with E-state index in [1.54, 1.807) is 18.2 Å². The molecule has 1 heterocycles. The maximum absolute atomic E-state index is 11.3. The molecule has 0 bridgehead atoms. The van der Waals surface area contributed by atoms with Gasteiger partial charge in [0.25, 0.3) is 0 Å². The molecule has 0 spiro atoms. The van der Waals surface area contributed by atoms with Gasteiger partial charge < -0.3 is 9.84 Å². The number of aliphatic hydroxyl groups is 1. The average molecular weight is 242 g/mol. The number of sulfone groups is 1. The molecule has 0 amide bonds. The van der Waals surface area contributed by atoms with Gasteiger partial charge >= 0.3 is 0 Å². The molecule has 88 valence electrons. The van der Waals surface area contributed by atoms with Crippen LogP contribution in [0.4, 0.5) is 0 Å². The van der Waals surface area contributed by atoms with E-state index < -0.39 is 9.84 Å². The molecular formula is C11H14O4S. The summed E-state index contributed by atoms with van der Waals surface area (Å²) in [6.07, 6.45) is 0.250. The van der Waals surface area contributed by atoms with Gasteiger partial charge in [-0.15, -0.1) is 0 Å². The van der Waals surface area contributed by atoms with Crippen molar-refractivity contribution in [2.75, 3.05) is 11.5 Å². The molecule has 4 nitrogen and oxygen atoms in total. The quantitative estimate of drug-likeness (QED) is 0.849. The topological polar surface area (TPSA) is 63.6 Å². The van der Waals surface area contributed by atoms with Gasteiger partial charge in [0.1, 0.15) is 11.9 Å². The third kappa shape index (κ3) is 2.54. The summed E-state index contributed by atoms with van der Waals surface area (Å²) in [4.78, 5) is 0.